The summed E-state index contributed by atoms with van der Waals surface area (Å²) in [6.07, 6.45) is 4.11. The summed E-state index contributed by atoms with van der Waals surface area (Å²) >= 11 is 6.24. The molecular formula is C44H50ClN7O8. The summed E-state index contributed by atoms with van der Waals surface area (Å²) in [6, 6.07) is 14.0. The van der Waals surface area contributed by atoms with Crippen molar-refractivity contribution in [2.45, 2.75) is 84.0 Å². The van der Waals surface area contributed by atoms with Gasteiger partial charge in [0.25, 0.3) is 17.7 Å². The summed E-state index contributed by atoms with van der Waals surface area (Å²) in [7, 11) is 0. The number of imide groups is 2. The molecule has 1 unspecified atom stereocenters. The molecule has 60 heavy (non-hydrogen) atoms. The van der Waals surface area contributed by atoms with Crippen LogP contribution in [0.1, 0.15) is 96.4 Å². The number of pyridine rings is 1. The van der Waals surface area contributed by atoms with Crippen LogP contribution in [-0.4, -0.2) is 113 Å². The number of unbranched alkanes of at least 4 members (excludes halogenated alkanes) is 2. The smallest absolute Gasteiger partial charge is 0.262 e. The van der Waals surface area contributed by atoms with E-state index in [1.54, 1.807) is 36.5 Å². The summed E-state index contributed by atoms with van der Waals surface area (Å²) in [5.74, 6) is -0.696. The van der Waals surface area contributed by atoms with Crippen molar-refractivity contribution in [3.8, 4) is 17.6 Å². The number of rotatable bonds is 14. The van der Waals surface area contributed by atoms with Crippen molar-refractivity contribution in [1.82, 2.24) is 25.4 Å². The number of piperidine rings is 1. The first-order valence-electron chi connectivity index (χ1n) is 20.4. The zero-order valence-electron chi connectivity index (χ0n) is 34.2. The van der Waals surface area contributed by atoms with E-state index in [1.807, 2.05) is 6.07 Å². The minimum absolute atomic E-state index is 0.0435. The maximum atomic E-state index is 13.5. The number of aliphatic hydroxyl groups is 1. The third-order valence-corrected chi connectivity index (χ3v) is 12.6. The lowest BCUT2D eigenvalue weighted by Crippen LogP contribution is -2.74. The molecule has 3 aromatic rings. The van der Waals surface area contributed by atoms with Gasteiger partial charge in [-0.05, 0) is 74.7 Å². The Morgan fingerprint density at radius 3 is 2.42 bits per heavy atom. The highest BCUT2D eigenvalue weighted by atomic mass is 35.5. The van der Waals surface area contributed by atoms with Crippen molar-refractivity contribution in [2.75, 3.05) is 44.3 Å². The average molecular weight is 840 g/mol. The molecule has 316 valence electrons. The molecule has 5 amide bonds. The Hall–Kier alpha value is -5.56. The van der Waals surface area contributed by atoms with Crippen LogP contribution in [0.5, 0.6) is 11.5 Å². The number of carbonyl (C=O) groups excluding carboxylic acids is 5. The van der Waals surface area contributed by atoms with E-state index in [0.29, 0.717) is 53.2 Å². The van der Waals surface area contributed by atoms with E-state index in [-0.39, 0.29) is 54.7 Å². The zero-order chi connectivity index (χ0) is 42.9. The maximum absolute atomic E-state index is 13.5. The molecule has 7 rings (SSSR count). The number of nitrogens with one attached hydrogen (secondary N) is 2. The van der Waals surface area contributed by atoms with Crippen LogP contribution in [0.15, 0.2) is 54.7 Å². The number of ether oxygens (including phenoxy) is 2. The number of aromatic nitrogens is 1. The number of piperazine rings is 1. The van der Waals surface area contributed by atoms with Gasteiger partial charge in [-0.1, -0.05) is 39.3 Å². The number of hydrogen-bond donors (Lipinski definition) is 3. The molecule has 0 bridgehead atoms. The van der Waals surface area contributed by atoms with Gasteiger partial charge in [-0.3, -0.25) is 39.1 Å². The monoisotopic (exact) mass is 839 g/mol. The second-order valence-corrected chi connectivity index (χ2v) is 17.5. The highest BCUT2D eigenvalue weighted by Gasteiger charge is 2.64. The highest BCUT2D eigenvalue weighted by molar-refractivity contribution is 6.31. The summed E-state index contributed by atoms with van der Waals surface area (Å²) in [4.78, 5) is 73.4. The topological polar surface area (TPSA) is 194 Å². The van der Waals surface area contributed by atoms with E-state index in [2.05, 4.69) is 59.2 Å². The van der Waals surface area contributed by atoms with Crippen molar-refractivity contribution in [3.63, 3.8) is 0 Å². The minimum atomic E-state index is -1.02. The standard InChI is InChI=1S/C44H50ClN7O8/c1-43(2)41(44(3,4)42(43)60-30-10-8-26(22-46)33(45)21-30)49-37(55)27-9-14-35(47-23-27)51-18-17-50(24-28(51)25-53)16-6-5-7-19-59-29-11-12-31-32(20-29)40(58)52(39(31)57)34-13-15-36(54)48-38(34)56/h8-12,14,20-21,23,28,34,41-42,53H,5-7,13,15-19,24-25H2,1-4H3,(H,49,55)(H,48,54,56)/t28-,34?,41?,42?/m1/s1. The first-order chi connectivity index (χ1) is 28.6. The van der Waals surface area contributed by atoms with E-state index in [1.165, 1.54) is 12.1 Å². The predicted octanol–water partition coefficient (Wildman–Crippen LogP) is 4.35. The van der Waals surface area contributed by atoms with E-state index in [9.17, 15) is 34.3 Å². The lowest BCUT2D eigenvalue weighted by atomic mass is 9.49. The Morgan fingerprint density at radius 2 is 1.73 bits per heavy atom. The van der Waals surface area contributed by atoms with Crippen LogP contribution in [0.25, 0.3) is 0 Å². The van der Waals surface area contributed by atoms with Gasteiger partial charge < -0.3 is 24.8 Å². The molecule has 16 heteroatoms. The van der Waals surface area contributed by atoms with E-state index in [4.69, 9.17) is 21.1 Å². The van der Waals surface area contributed by atoms with Crippen LogP contribution in [0.2, 0.25) is 5.02 Å². The van der Waals surface area contributed by atoms with Crippen molar-refractivity contribution < 1.29 is 38.6 Å². The van der Waals surface area contributed by atoms with Gasteiger partial charge in [0, 0.05) is 55.2 Å². The number of nitrogens with zero attached hydrogens (tertiary/aromatic N) is 5. The fraction of sp³-hybridized carbons (Fsp3) is 0.477. The molecule has 1 saturated carbocycles. The molecule has 2 atom stereocenters. The molecule has 4 heterocycles. The van der Waals surface area contributed by atoms with Crippen LogP contribution in [0, 0.1) is 22.2 Å². The minimum Gasteiger partial charge on any atom is -0.494 e. The van der Waals surface area contributed by atoms with Gasteiger partial charge in [0.15, 0.2) is 0 Å². The number of hydrogen-bond acceptors (Lipinski definition) is 12. The van der Waals surface area contributed by atoms with E-state index >= 15 is 0 Å². The van der Waals surface area contributed by atoms with Crippen LogP contribution in [0.3, 0.4) is 0 Å². The Kier molecular flexibility index (Phi) is 12.2. The normalized spacial score (nSPS) is 23.4. The lowest BCUT2D eigenvalue weighted by molar-refractivity contribution is -0.164. The van der Waals surface area contributed by atoms with E-state index in [0.717, 1.165) is 37.3 Å². The second kappa shape index (κ2) is 17.2. The van der Waals surface area contributed by atoms with Crippen LogP contribution in [0.4, 0.5) is 5.82 Å². The molecule has 3 fully saturated rings. The van der Waals surface area contributed by atoms with E-state index < -0.39 is 40.5 Å². The Bertz CT molecular complexity index is 2210. The molecule has 2 saturated heterocycles. The van der Waals surface area contributed by atoms with Gasteiger partial charge in [-0.25, -0.2) is 4.98 Å². The third kappa shape index (κ3) is 8.28. The zero-order valence-corrected chi connectivity index (χ0v) is 35.0. The number of halogens is 1. The summed E-state index contributed by atoms with van der Waals surface area (Å²) < 4.78 is 12.3. The van der Waals surface area contributed by atoms with Gasteiger partial charge >= 0.3 is 0 Å². The number of nitriles is 1. The quantitative estimate of drug-likeness (QED) is 0.154. The van der Waals surface area contributed by atoms with Gasteiger partial charge in [0.2, 0.25) is 11.8 Å². The molecule has 15 nitrogen and oxygen atoms in total. The van der Waals surface area contributed by atoms with Crippen molar-refractivity contribution in [2.24, 2.45) is 10.8 Å². The Balaban J connectivity index is 0.839. The molecule has 3 N–H and O–H groups in total. The largest absolute Gasteiger partial charge is 0.494 e. The van der Waals surface area contributed by atoms with Crippen LogP contribution < -0.4 is 25.0 Å². The number of benzene rings is 2. The van der Waals surface area contributed by atoms with Gasteiger partial charge in [0.1, 0.15) is 35.5 Å². The van der Waals surface area contributed by atoms with Crippen molar-refractivity contribution in [1.29, 1.82) is 5.26 Å². The molecule has 1 aromatic heterocycles. The molecular weight excluding hydrogens is 790 g/mol. The summed E-state index contributed by atoms with van der Waals surface area (Å²) in [5.41, 5.74) is 0.397. The lowest BCUT2D eigenvalue weighted by Gasteiger charge is -2.63. The molecule has 1 aliphatic carbocycles. The molecule has 4 aliphatic rings. The van der Waals surface area contributed by atoms with Crippen molar-refractivity contribution in [3.05, 3.63) is 82.0 Å². The van der Waals surface area contributed by atoms with Crippen LogP contribution >= 0.6 is 11.6 Å². The SMILES string of the molecule is CC1(C)C(NC(=O)c2ccc(N3CCN(CCCCCOc4ccc5c(c4)C(=O)N(C4CCC(=O)NC4=O)C5=O)C[C@@H]3CO)nc2)C(C)(C)C1Oc1ccc(C#N)c(Cl)c1. The maximum Gasteiger partial charge on any atom is 0.262 e. The predicted molar refractivity (Wildman–Crippen MR) is 221 cm³/mol. The highest BCUT2D eigenvalue weighted by Crippen LogP contribution is 2.55. The van der Waals surface area contributed by atoms with Gasteiger partial charge in [-0.2, -0.15) is 5.26 Å². The molecule has 2 aromatic carbocycles. The van der Waals surface area contributed by atoms with Crippen molar-refractivity contribution >= 4 is 47.0 Å². The third-order valence-electron chi connectivity index (χ3n) is 12.3. The number of amides is 5. The molecule has 0 radical (unpaired) electrons. The number of anilines is 1. The number of fused-ring (bicyclic) bond motifs is 1. The fourth-order valence-corrected chi connectivity index (χ4v) is 9.64. The second-order valence-electron chi connectivity index (χ2n) is 17.1. The number of aliphatic hydroxyl groups excluding tert-OH is 1. The van der Waals surface area contributed by atoms with Gasteiger partial charge in [0.05, 0.1) is 46.5 Å². The number of carbonyl (C=O) groups is 5. The first kappa shape index (κ1) is 42.6. The van der Waals surface area contributed by atoms with Crippen LogP contribution in [-0.2, 0) is 9.59 Å². The Labute approximate surface area is 353 Å². The average Bonchev–Trinajstić information content (AvgIpc) is 3.47. The molecule has 3 aliphatic heterocycles. The molecule has 0 spiro atoms. The fourth-order valence-electron chi connectivity index (χ4n) is 9.43. The summed E-state index contributed by atoms with van der Waals surface area (Å²) in [6.45, 7) is 11.6. The Morgan fingerprint density at radius 1 is 0.983 bits per heavy atom. The first-order valence-corrected chi connectivity index (χ1v) is 20.7. The van der Waals surface area contributed by atoms with Gasteiger partial charge in [-0.15, -0.1) is 0 Å². The summed E-state index contributed by atoms with van der Waals surface area (Å²) in [5, 5.41) is 25.3.